The lowest BCUT2D eigenvalue weighted by atomic mass is 9.92. The molecule has 18 heavy (non-hydrogen) atoms. The molecule has 1 aliphatic heterocycles. The minimum Gasteiger partial charge on any atom is -0.340 e. The van der Waals surface area contributed by atoms with Crippen LogP contribution in [0.5, 0.6) is 0 Å². The zero-order chi connectivity index (χ0) is 13.2. The first-order valence-electron chi connectivity index (χ1n) is 7.18. The van der Waals surface area contributed by atoms with Crippen molar-refractivity contribution in [2.75, 3.05) is 13.1 Å². The highest BCUT2D eigenvalue weighted by atomic mass is 16.2. The van der Waals surface area contributed by atoms with Crippen LogP contribution in [0, 0.1) is 5.92 Å². The van der Waals surface area contributed by atoms with Crippen LogP contribution in [0.2, 0.25) is 0 Å². The van der Waals surface area contributed by atoms with Crippen molar-refractivity contribution in [3.8, 4) is 0 Å². The molecule has 1 saturated heterocycles. The fraction of sp³-hybridized carbons (Fsp3) is 0.857. The largest absolute Gasteiger partial charge is 0.340 e. The summed E-state index contributed by atoms with van der Waals surface area (Å²) in [6.07, 6.45) is 5.96. The maximum Gasteiger partial charge on any atom is 0.248 e. The summed E-state index contributed by atoms with van der Waals surface area (Å²) in [7, 11) is 0. The highest BCUT2D eigenvalue weighted by molar-refractivity contribution is 5.98. The number of amides is 2. The molecule has 0 bridgehead atoms. The van der Waals surface area contributed by atoms with Gasteiger partial charge in [-0.1, -0.05) is 33.1 Å². The van der Waals surface area contributed by atoms with E-state index in [4.69, 9.17) is 0 Å². The summed E-state index contributed by atoms with van der Waals surface area (Å²) >= 11 is 0. The number of hydrogen-bond donors (Lipinski definition) is 1. The van der Waals surface area contributed by atoms with E-state index in [1.807, 2.05) is 0 Å². The van der Waals surface area contributed by atoms with E-state index >= 15 is 0 Å². The van der Waals surface area contributed by atoms with Gasteiger partial charge in [-0.2, -0.15) is 0 Å². The van der Waals surface area contributed by atoms with Gasteiger partial charge in [0, 0.05) is 6.54 Å². The van der Waals surface area contributed by atoms with Crippen molar-refractivity contribution in [1.82, 2.24) is 10.2 Å². The van der Waals surface area contributed by atoms with Crippen molar-refractivity contribution in [2.24, 2.45) is 5.92 Å². The Labute approximate surface area is 109 Å². The zero-order valence-corrected chi connectivity index (χ0v) is 11.5. The molecule has 2 rings (SSSR count). The van der Waals surface area contributed by atoms with Crippen LogP contribution < -0.4 is 5.32 Å². The second kappa shape index (κ2) is 5.29. The summed E-state index contributed by atoms with van der Waals surface area (Å²) in [4.78, 5) is 26.1. The fourth-order valence-electron chi connectivity index (χ4n) is 3.33. The lowest BCUT2D eigenvalue weighted by Gasteiger charge is -2.40. The maximum absolute atomic E-state index is 12.5. The van der Waals surface area contributed by atoms with Gasteiger partial charge < -0.3 is 10.2 Å². The van der Waals surface area contributed by atoms with Gasteiger partial charge in [-0.05, 0) is 25.2 Å². The van der Waals surface area contributed by atoms with Crippen LogP contribution in [0.25, 0.3) is 0 Å². The molecule has 1 spiro atoms. The number of carbonyl (C=O) groups is 2. The summed E-state index contributed by atoms with van der Waals surface area (Å²) in [5.74, 6) is 0.644. The second-order valence-corrected chi connectivity index (χ2v) is 5.92. The van der Waals surface area contributed by atoms with Gasteiger partial charge in [-0.25, -0.2) is 0 Å². The van der Waals surface area contributed by atoms with E-state index in [0.717, 1.165) is 45.1 Å². The average Bonchev–Trinajstić information content (AvgIpc) is 2.75. The molecule has 102 valence electrons. The number of nitrogens with zero attached hydrogens (tertiary/aromatic N) is 1. The molecule has 2 fully saturated rings. The Morgan fingerprint density at radius 2 is 2.00 bits per heavy atom. The monoisotopic (exact) mass is 252 g/mol. The summed E-state index contributed by atoms with van der Waals surface area (Å²) in [5, 5.41) is 2.95. The number of rotatable bonds is 4. The predicted molar refractivity (Wildman–Crippen MR) is 70.0 cm³/mol. The normalized spacial score (nSPS) is 24.4. The molecule has 2 amide bonds. The van der Waals surface area contributed by atoms with Gasteiger partial charge >= 0.3 is 0 Å². The standard InChI is InChI=1S/C14H24N2O2/c1-3-6-11(2)9-16-10-12(17)15-14(13(16)18)7-4-5-8-14/h11H,3-10H2,1-2H3,(H,15,17). The lowest BCUT2D eigenvalue weighted by molar-refractivity contribution is -0.150. The molecule has 1 saturated carbocycles. The van der Waals surface area contributed by atoms with E-state index in [1.54, 1.807) is 4.90 Å². The van der Waals surface area contributed by atoms with Crippen LogP contribution in [0.4, 0.5) is 0 Å². The first-order valence-corrected chi connectivity index (χ1v) is 7.18. The number of hydrogen-bond acceptors (Lipinski definition) is 2. The molecule has 1 heterocycles. The Morgan fingerprint density at radius 3 is 2.61 bits per heavy atom. The van der Waals surface area contributed by atoms with Crippen LogP contribution in [0.1, 0.15) is 52.4 Å². The van der Waals surface area contributed by atoms with E-state index in [2.05, 4.69) is 19.2 Å². The van der Waals surface area contributed by atoms with Crippen LogP contribution in [0.15, 0.2) is 0 Å². The van der Waals surface area contributed by atoms with Crippen LogP contribution >= 0.6 is 0 Å². The highest BCUT2D eigenvalue weighted by Crippen LogP contribution is 2.33. The number of nitrogens with one attached hydrogen (secondary N) is 1. The third-order valence-electron chi connectivity index (χ3n) is 4.18. The van der Waals surface area contributed by atoms with Crippen LogP contribution in [0.3, 0.4) is 0 Å². The van der Waals surface area contributed by atoms with Gasteiger partial charge in [0.1, 0.15) is 5.54 Å². The molecular weight excluding hydrogens is 228 g/mol. The average molecular weight is 252 g/mol. The lowest BCUT2D eigenvalue weighted by Crippen LogP contribution is -2.65. The molecule has 0 aromatic carbocycles. The van der Waals surface area contributed by atoms with Gasteiger partial charge in [0.15, 0.2) is 0 Å². The van der Waals surface area contributed by atoms with Gasteiger partial charge in [0.05, 0.1) is 6.54 Å². The van der Waals surface area contributed by atoms with E-state index in [-0.39, 0.29) is 18.4 Å². The molecule has 1 atom stereocenters. The first-order chi connectivity index (χ1) is 8.57. The van der Waals surface area contributed by atoms with Gasteiger partial charge in [-0.3, -0.25) is 9.59 Å². The summed E-state index contributed by atoms with van der Waals surface area (Å²) in [5.41, 5.74) is -0.554. The minimum absolute atomic E-state index is 0.0141. The maximum atomic E-state index is 12.5. The van der Waals surface area contributed by atoms with Crippen molar-refractivity contribution in [2.45, 2.75) is 57.9 Å². The molecule has 1 aliphatic carbocycles. The third kappa shape index (κ3) is 2.52. The molecule has 2 aliphatic rings. The number of piperazine rings is 1. The van der Waals surface area contributed by atoms with E-state index in [0.29, 0.717) is 5.92 Å². The highest BCUT2D eigenvalue weighted by Gasteiger charge is 2.48. The van der Waals surface area contributed by atoms with Crippen LogP contribution in [-0.4, -0.2) is 35.3 Å². The molecule has 0 aromatic rings. The Morgan fingerprint density at radius 1 is 1.33 bits per heavy atom. The molecule has 4 nitrogen and oxygen atoms in total. The van der Waals surface area contributed by atoms with E-state index < -0.39 is 5.54 Å². The molecule has 4 heteroatoms. The smallest absolute Gasteiger partial charge is 0.248 e. The molecule has 0 aromatic heterocycles. The van der Waals surface area contributed by atoms with Gasteiger partial charge in [-0.15, -0.1) is 0 Å². The first kappa shape index (κ1) is 13.4. The summed E-state index contributed by atoms with van der Waals surface area (Å²) < 4.78 is 0. The molecular formula is C14H24N2O2. The fourth-order valence-corrected chi connectivity index (χ4v) is 3.33. The van der Waals surface area contributed by atoms with Crippen molar-refractivity contribution in [3.63, 3.8) is 0 Å². The van der Waals surface area contributed by atoms with Crippen LogP contribution in [-0.2, 0) is 9.59 Å². The van der Waals surface area contributed by atoms with Crippen molar-refractivity contribution < 1.29 is 9.59 Å². The zero-order valence-electron chi connectivity index (χ0n) is 11.5. The topological polar surface area (TPSA) is 49.4 Å². The van der Waals surface area contributed by atoms with E-state index in [1.165, 1.54) is 0 Å². The predicted octanol–water partition coefficient (Wildman–Crippen LogP) is 1.69. The van der Waals surface area contributed by atoms with Gasteiger partial charge in [0.2, 0.25) is 11.8 Å². The van der Waals surface area contributed by atoms with Crippen molar-refractivity contribution in [3.05, 3.63) is 0 Å². The molecule has 1 unspecified atom stereocenters. The van der Waals surface area contributed by atoms with Crippen molar-refractivity contribution >= 4 is 11.8 Å². The Hall–Kier alpha value is -1.06. The Balaban J connectivity index is 2.06. The summed E-state index contributed by atoms with van der Waals surface area (Å²) in [6.45, 7) is 5.28. The van der Waals surface area contributed by atoms with Crippen molar-refractivity contribution in [1.29, 1.82) is 0 Å². The van der Waals surface area contributed by atoms with E-state index in [9.17, 15) is 9.59 Å². The number of carbonyl (C=O) groups excluding carboxylic acids is 2. The second-order valence-electron chi connectivity index (χ2n) is 5.92. The molecule has 1 N–H and O–H groups in total. The Kier molecular flexibility index (Phi) is 3.93. The Bertz CT molecular complexity index is 335. The SMILES string of the molecule is CCCC(C)CN1CC(=O)NC2(CCCC2)C1=O. The molecule has 0 radical (unpaired) electrons. The summed E-state index contributed by atoms with van der Waals surface area (Å²) in [6, 6.07) is 0. The third-order valence-corrected chi connectivity index (χ3v) is 4.18. The quantitative estimate of drug-likeness (QED) is 0.828. The van der Waals surface area contributed by atoms with Gasteiger partial charge in [0.25, 0.3) is 0 Å². The minimum atomic E-state index is -0.554.